The Bertz CT molecular complexity index is 600. The van der Waals surface area contributed by atoms with Gasteiger partial charge in [0.1, 0.15) is 0 Å². The fraction of sp³-hybridized carbons (Fsp3) is 0.267. The van der Waals surface area contributed by atoms with Crippen molar-refractivity contribution in [3.05, 3.63) is 46.8 Å². The molecule has 1 N–H and O–H groups in total. The summed E-state index contributed by atoms with van der Waals surface area (Å²) in [6.45, 7) is 0. The van der Waals surface area contributed by atoms with Crippen LogP contribution in [0.15, 0.2) is 41.2 Å². The first kappa shape index (κ1) is 11.8. The summed E-state index contributed by atoms with van der Waals surface area (Å²) in [6.07, 6.45) is 8.84. The molecule has 0 fully saturated rings. The summed E-state index contributed by atoms with van der Waals surface area (Å²) in [5.41, 5.74) is 3.26. The van der Waals surface area contributed by atoms with Crippen LogP contribution >= 0.6 is 0 Å². The molecule has 0 spiro atoms. The molecule has 2 amide bonds. The van der Waals surface area contributed by atoms with E-state index in [1.165, 1.54) is 0 Å². The number of hydrogen-bond donors (Lipinski definition) is 1. The molecule has 0 saturated heterocycles. The molecule has 2 aliphatic rings. The highest BCUT2D eigenvalue weighted by Gasteiger charge is 2.30. The Morgan fingerprint density at radius 1 is 1.00 bits per heavy atom. The molecule has 0 unspecified atom stereocenters. The van der Waals surface area contributed by atoms with Crippen LogP contribution in [0.3, 0.4) is 0 Å². The average molecular weight is 254 g/mol. The van der Waals surface area contributed by atoms with E-state index in [1.54, 1.807) is 12.4 Å². The van der Waals surface area contributed by atoms with Gasteiger partial charge in [-0.15, -0.1) is 0 Å². The molecular weight excluding hydrogens is 240 g/mol. The number of hydrogen-bond acceptors (Lipinski definition) is 3. The van der Waals surface area contributed by atoms with Crippen molar-refractivity contribution in [2.75, 3.05) is 0 Å². The summed E-state index contributed by atoms with van der Waals surface area (Å²) < 4.78 is 0. The fourth-order valence-corrected chi connectivity index (χ4v) is 2.62. The monoisotopic (exact) mass is 254 g/mol. The number of nitrogens with zero attached hydrogens (tertiary/aromatic N) is 1. The lowest BCUT2D eigenvalue weighted by atomic mass is 9.83. The summed E-state index contributed by atoms with van der Waals surface area (Å²) in [6, 6.07) is 3.69. The van der Waals surface area contributed by atoms with Crippen LogP contribution < -0.4 is 5.32 Å². The topological polar surface area (TPSA) is 59.1 Å². The molecule has 1 aliphatic heterocycles. The molecule has 0 radical (unpaired) electrons. The SMILES string of the molecule is O=C1NC(=O)C2=C(CCCC2)C1=Cc1ccncc1. The summed E-state index contributed by atoms with van der Waals surface area (Å²) in [5, 5.41) is 2.43. The predicted octanol–water partition coefficient (Wildman–Crippen LogP) is 1.99. The van der Waals surface area contributed by atoms with Gasteiger partial charge < -0.3 is 0 Å². The molecule has 0 saturated carbocycles. The Hall–Kier alpha value is -2.23. The second kappa shape index (κ2) is 4.80. The van der Waals surface area contributed by atoms with Crippen molar-refractivity contribution >= 4 is 17.9 Å². The van der Waals surface area contributed by atoms with Gasteiger partial charge in [0.05, 0.1) is 0 Å². The van der Waals surface area contributed by atoms with Gasteiger partial charge in [-0.25, -0.2) is 0 Å². The number of amides is 2. The standard InChI is InChI=1S/C15H14N2O2/c18-14-12-4-2-1-3-11(12)13(15(19)17-14)9-10-5-7-16-8-6-10/h5-9H,1-4H2,(H,17,18,19). The van der Waals surface area contributed by atoms with E-state index >= 15 is 0 Å². The van der Waals surface area contributed by atoms with Gasteiger partial charge in [-0.05, 0) is 55.0 Å². The number of pyridine rings is 1. The zero-order valence-corrected chi connectivity index (χ0v) is 10.5. The third kappa shape index (κ3) is 2.21. The van der Waals surface area contributed by atoms with Crippen LogP contribution in [-0.2, 0) is 9.59 Å². The first-order chi connectivity index (χ1) is 9.25. The van der Waals surface area contributed by atoms with Crippen LogP contribution in [0.4, 0.5) is 0 Å². The van der Waals surface area contributed by atoms with E-state index < -0.39 is 0 Å². The Morgan fingerprint density at radius 2 is 1.68 bits per heavy atom. The van der Waals surface area contributed by atoms with Crippen LogP contribution in [0, 0.1) is 0 Å². The molecule has 1 aromatic heterocycles. The van der Waals surface area contributed by atoms with Crippen LogP contribution in [0.2, 0.25) is 0 Å². The molecule has 1 aromatic rings. The van der Waals surface area contributed by atoms with Gasteiger partial charge in [0.15, 0.2) is 0 Å². The molecule has 2 heterocycles. The number of rotatable bonds is 1. The molecule has 96 valence electrons. The Labute approximate surface area is 111 Å². The third-order valence-electron chi connectivity index (χ3n) is 3.56. The van der Waals surface area contributed by atoms with Crippen molar-refractivity contribution in [3.63, 3.8) is 0 Å². The van der Waals surface area contributed by atoms with Crippen LogP contribution in [-0.4, -0.2) is 16.8 Å². The highest BCUT2D eigenvalue weighted by atomic mass is 16.2. The Kier molecular flexibility index (Phi) is 2.99. The minimum Gasteiger partial charge on any atom is -0.288 e. The molecule has 1 aliphatic carbocycles. The first-order valence-electron chi connectivity index (χ1n) is 6.45. The fourth-order valence-electron chi connectivity index (χ4n) is 2.62. The number of carbonyl (C=O) groups is 2. The van der Waals surface area contributed by atoms with Crippen molar-refractivity contribution < 1.29 is 9.59 Å². The molecular formula is C15H14N2O2. The van der Waals surface area contributed by atoms with Gasteiger partial charge >= 0.3 is 0 Å². The molecule has 4 heteroatoms. The number of aromatic nitrogens is 1. The van der Waals surface area contributed by atoms with Crippen LogP contribution in [0.1, 0.15) is 31.2 Å². The maximum Gasteiger partial charge on any atom is 0.258 e. The van der Waals surface area contributed by atoms with Crippen LogP contribution in [0.5, 0.6) is 0 Å². The molecule has 0 aromatic carbocycles. The second-order valence-electron chi connectivity index (χ2n) is 4.79. The highest BCUT2D eigenvalue weighted by Crippen LogP contribution is 2.33. The van der Waals surface area contributed by atoms with Crippen molar-refractivity contribution in [1.29, 1.82) is 0 Å². The van der Waals surface area contributed by atoms with Crippen molar-refractivity contribution in [1.82, 2.24) is 10.3 Å². The summed E-state index contributed by atoms with van der Waals surface area (Å²) in [5.74, 6) is -0.506. The van der Waals surface area contributed by atoms with Crippen LogP contribution in [0.25, 0.3) is 6.08 Å². The molecule has 19 heavy (non-hydrogen) atoms. The lowest BCUT2D eigenvalue weighted by molar-refractivity contribution is -0.127. The van der Waals surface area contributed by atoms with Crippen molar-refractivity contribution in [2.24, 2.45) is 0 Å². The van der Waals surface area contributed by atoms with E-state index in [-0.39, 0.29) is 11.8 Å². The molecule has 4 nitrogen and oxygen atoms in total. The minimum absolute atomic E-state index is 0.216. The molecule has 3 rings (SSSR count). The van der Waals surface area contributed by atoms with Crippen molar-refractivity contribution in [2.45, 2.75) is 25.7 Å². The molecule has 0 atom stereocenters. The smallest absolute Gasteiger partial charge is 0.258 e. The maximum absolute atomic E-state index is 12.0. The largest absolute Gasteiger partial charge is 0.288 e. The Morgan fingerprint density at radius 3 is 2.42 bits per heavy atom. The summed E-state index contributed by atoms with van der Waals surface area (Å²) in [4.78, 5) is 27.8. The van der Waals surface area contributed by atoms with E-state index in [0.717, 1.165) is 42.4 Å². The number of imide groups is 1. The van der Waals surface area contributed by atoms with Gasteiger partial charge in [0, 0.05) is 23.5 Å². The third-order valence-corrected chi connectivity index (χ3v) is 3.56. The van der Waals surface area contributed by atoms with E-state index in [1.807, 2.05) is 18.2 Å². The zero-order valence-electron chi connectivity index (χ0n) is 10.5. The van der Waals surface area contributed by atoms with E-state index in [9.17, 15) is 9.59 Å². The van der Waals surface area contributed by atoms with E-state index in [2.05, 4.69) is 10.3 Å². The van der Waals surface area contributed by atoms with Gasteiger partial charge in [0.2, 0.25) is 0 Å². The summed E-state index contributed by atoms with van der Waals surface area (Å²) >= 11 is 0. The Balaban J connectivity index is 2.08. The minimum atomic E-state index is -0.289. The number of nitrogens with one attached hydrogen (secondary N) is 1. The van der Waals surface area contributed by atoms with Gasteiger partial charge in [-0.1, -0.05) is 0 Å². The van der Waals surface area contributed by atoms with Gasteiger partial charge in [-0.3, -0.25) is 19.9 Å². The van der Waals surface area contributed by atoms with E-state index in [4.69, 9.17) is 0 Å². The number of carbonyl (C=O) groups excluding carboxylic acids is 2. The average Bonchev–Trinajstić information content (AvgIpc) is 2.45. The van der Waals surface area contributed by atoms with Gasteiger partial charge in [0.25, 0.3) is 11.8 Å². The predicted molar refractivity (Wildman–Crippen MR) is 70.9 cm³/mol. The first-order valence-corrected chi connectivity index (χ1v) is 6.45. The maximum atomic E-state index is 12.0. The quantitative estimate of drug-likeness (QED) is 0.616. The molecule has 0 bridgehead atoms. The zero-order chi connectivity index (χ0) is 13.2. The van der Waals surface area contributed by atoms with Gasteiger partial charge in [-0.2, -0.15) is 0 Å². The van der Waals surface area contributed by atoms with E-state index in [0.29, 0.717) is 5.57 Å². The normalized spacial score (nSPS) is 21.4. The lowest BCUT2D eigenvalue weighted by Crippen LogP contribution is -2.39. The highest BCUT2D eigenvalue weighted by molar-refractivity contribution is 6.18. The lowest BCUT2D eigenvalue weighted by Gasteiger charge is -2.25. The second-order valence-corrected chi connectivity index (χ2v) is 4.79. The summed E-state index contributed by atoms with van der Waals surface area (Å²) in [7, 11) is 0. The van der Waals surface area contributed by atoms with Crippen molar-refractivity contribution in [3.8, 4) is 0 Å².